The normalized spacial score (nSPS) is 40.0. The molecule has 7 atom stereocenters. The van der Waals surface area contributed by atoms with Crippen LogP contribution in [0.15, 0.2) is 26.9 Å². The van der Waals surface area contributed by atoms with Crippen LogP contribution in [0.3, 0.4) is 0 Å². The molecule has 0 saturated heterocycles. The molecule has 0 unspecified atom stereocenters. The highest BCUT2D eigenvalue weighted by Crippen LogP contribution is 2.74. The third-order valence-corrected chi connectivity index (χ3v) is 13.9. The Morgan fingerprint density at radius 3 is 2.52 bits per heavy atom. The lowest BCUT2D eigenvalue weighted by Crippen LogP contribution is -2.66. The lowest BCUT2D eigenvalue weighted by atomic mass is 9.34. The van der Waals surface area contributed by atoms with Gasteiger partial charge in [-0.05, 0) is 90.9 Å². The SMILES string of the molecule is CC(=O)OCCc1nc([C@]23CCC(C)(C)C[C@H]2[C@H]2C(=O)C=C4[C@@]5(C)Cc6cnoc6C(C)(C)[C@@H]5CC[C@@]4(C)[C@]2(C)CC3)no1. The molecule has 2 aromatic rings. The predicted octanol–water partition coefficient (Wildman–Crippen LogP) is 7.11. The average Bonchev–Trinajstić information content (AvgIpc) is 3.60. The fraction of sp³-hybridized carbons (Fsp3) is 0.750. The van der Waals surface area contributed by atoms with Gasteiger partial charge in [-0.1, -0.05) is 64.4 Å². The Bertz CT molecular complexity index is 1550. The number of hydrogen-bond acceptors (Lipinski definition) is 8. The van der Waals surface area contributed by atoms with Crippen LogP contribution in [0.4, 0.5) is 0 Å². The summed E-state index contributed by atoms with van der Waals surface area (Å²) in [6.45, 7) is 18.3. The number of hydrogen-bond donors (Lipinski definition) is 0. The number of ketones is 1. The molecule has 8 heteroatoms. The molecule has 3 fully saturated rings. The predicted molar refractivity (Wildman–Crippen MR) is 164 cm³/mol. The van der Waals surface area contributed by atoms with E-state index in [4.69, 9.17) is 18.8 Å². The number of rotatable bonds is 4. The molecular formula is C36H49N3O5. The van der Waals surface area contributed by atoms with E-state index in [0.29, 0.717) is 24.0 Å². The molecular weight excluding hydrogens is 554 g/mol. The highest BCUT2D eigenvalue weighted by atomic mass is 16.5. The van der Waals surface area contributed by atoms with Crippen LogP contribution in [0.2, 0.25) is 0 Å². The minimum atomic E-state index is -0.317. The van der Waals surface area contributed by atoms with Gasteiger partial charge in [-0.15, -0.1) is 0 Å². The summed E-state index contributed by atoms with van der Waals surface area (Å²) in [5, 5.41) is 8.80. The summed E-state index contributed by atoms with van der Waals surface area (Å²) < 4.78 is 16.7. The number of esters is 1. The molecule has 0 aliphatic heterocycles. The Hall–Kier alpha value is -2.77. The first-order valence-corrected chi connectivity index (χ1v) is 16.7. The molecule has 0 spiro atoms. The molecule has 7 rings (SSSR count). The fourth-order valence-electron chi connectivity index (χ4n) is 11.5. The summed E-state index contributed by atoms with van der Waals surface area (Å²) in [7, 11) is 0. The molecule has 0 radical (unpaired) electrons. The minimum Gasteiger partial charge on any atom is -0.465 e. The number of allylic oxidation sites excluding steroid dienone is 2. The third-order valence-electron chi connectivity index (χ3n) is 13.9. The molecule has 3 saturated carbocycles. The molecule has 44 heavy (non-hydrogen) atoms. The van der Waals surface area contributed by atoms with Crippen LogP contribution < -0.4 is 0 Å². The Morgan fingerprint density at radius 2 is 1.77 bits per heavy atom. The standard InChI is InChI=1S/C36H49N3O5/c1-21(40)42-16-10-27-38-30(39-43-27)36-14-12-31(2,3)19-23(36)28-24(41)17-26-33(6)18-22-20-37-44-29(22)32(4,5)25(33)9-11-34(26,7)35(28,8)13-15-36/h17,20,23,25,28H,9-16,18-19H2,1-8H3/t23-,25-,28-,33-,34+,35+,36-/m0/s1. The van der Waals surface area contributed by atoms with Gasteiger partial charge < -0.3 is 13.8 Å². The van der Waals surface area contributed by atoms with E-state index in [1.54, 1.807) is 0 Å². The Balaban J connectivity index is 1.31. The Morgan fingerprint density at radius 1 is 1.02 bits per heavy atom. The van der Waals surface area contributed by atoms with E-state index in [1.807, 2.05) is 6.20 Å². The maximum atomic E-state index is 14.8. The number of carbonyl (C=O) groups is 2. The first kappa shape index (κ1) is 29.9. The third kappa shape index (κ3) is 3.90. The largest absolute Gasteiger partial charge is 0.465 e. The molecule has 5 aliphatic rings. The second-order valence-electron chi connectivity index (χ2n) is 17.0. The zero-order valence-electron chi connectivity index (χ0n) is 27.8. The molecule has 8 nitrogen and oxygen atoms in total. The van der Waals surface area contributed by atoms with Gasteiger partial charge in [0.05, 0.1) is 12.6 Å². The van der Waals surface area contributed by atoms with E-state index in [-0.39, 0.29) is 56.9 Å². The van der Waals surface area contributed by atoms with Crippen LogP contribution in [0, 0.1) is 39.4 Å². The van der Waals surface area contributed by atoms with Crippen LogP contribution in [-0.4, -0.2) is 33.7 Å². The average molecular weight is 604 g/mol. The molecule has 0 aromatic carbocycles. The van der Waals surface area contributed by atoms with Gasteiger partial charge in [-0.25, -0.2) is 0 Å². The van der Waals surface area contributed by atoms with Crippen molar-refractivity contribution < 1.29 is 23.4 Å². The van der Waals surface area contributed by atoms with Crippen molar-refractivity contribution in [3.63, 3.8) is 0 Å². The number of ether oxygens (including phenoxy) is 1. The number of nitrogens with zero attached hydrogens (tertiary/aromatic N) is 3. The van der Waals surface area contributed by atoms with Crippen molar-refractivity contribution in [3.8, 4) is 0 Å². The van der Waals surface area contributed by atoms with Crippen LogP contribution >= 0.6 is 0 Å². The molecule has 0 N–H and O–H groups in total. The van der Waals surface area contributed by atoms with Crippen LogP contribution in [0.1, 0.15) is 123 Å². The van der Waals surface area contributed by atoms with Crippen molar-refractivity contribution in [2.24, 2.45) is 39.4 Å². The van der Waals surface area contributed by atoms with Crippen molar-refractivity contribution in [1.29, 1.82) is 0 Å². The summed E-state index contributed by atoms with van der Waals surface area (Å²) in [6, 6.07) is 0. The quantitative estimate of drug-likeness (QED) is 0.340. The Labute approximate surface area is 261 Å². The second kappa shape index (κ2) is 9.38. The van der Waals surface area contributed by atoms with E-state index in [0.717, 1.165) is 63.0 Å². The van der Waals surface area contributed by atoms with Crippen molar-refractivity contribution in [1.82, 2.24) is 15.3 Å². The Kier molecular flexibility index (Phi) is 6.38. The fourth-order valence-corrected chi connectivity index (χ4v) is 11.5. The van der Waals surface area contributed by atoms with Gasteiger partial charge in [-0.2, -0.15) is 4.98 Å². The summed E-state index contributed by atoms with van der Waals surface area (Å²) in [6.07, 6.45) is 12.3. The summed E-state index contributed by atoms with van der Waals surface area (Å²) >= 11 is 0. The highest BCUT2D eigenvalue weighted by Gasteiger charge is 2.70. The van der Waals surface area contributed by atoms with E-state index < -0.39 is 0 Å². The van der Waals surface area contributed by atoms with E-state index in [1.165, 1.54) is 18.1 Å². The number of carbonyl (C=O) groups excluding carboxylic acids is 2. The van der Waals surface area contributed by atoms with E-state index in [2.05, 4.69) is 64.9 Å². The van der Waals surface area contributed by atoms with Gasteiger partial charge >= 0.3 is 5.97 Å². The smallest absolute Gasteiger partial charge is 0.302 e. The monoisotopic (exact) mass is 603 g/mol. The minimum absolute atomic E-state index is 0.0955. The number of fused-ring (bicyclic) bond motifs is 8. The molecule has 2 heterocycles. The lowest BCUT2D eigenvalue weighted by Gasteiger charge is -2.69. The van der Waals surface area contributed by atoms with E-state index >= 15 is 0 Å². The van der Waals surface area contributed by atoms with Gasteiger partial charge in [0.1, 0.15) is 12.4 Å². The molecule has 2 aromatic heterocycles. The van der Waals surface area contributed by atoms with Crippen molar-refractivity contribution in [2.45, 2.75) is 124 Å². The second-order valence-corrected chi connectivity index (χ2v) is 17.0. The van der Waals surface area contributed by atoms with Gasteiger partial charge in [-0.3, -0.25) is 9.59 Å². The zero-order chi connectivity index (χ0) is 31.5. The van der Waals surface area contributed by atoms with Gasteiger partial charge in [0.15, 0.2) is 11.6 Å². The first-order valence-electron chi connectivity index (χ1n) is 16.7. The molecule has 0 bridgehead atoms. The van der Waals surface area contributed by atoms with Gasteiger partial charge in [0, 0.05) is 29.2 Å². The zero-order valence-corrected chi connectivity index (χ0v) is 27.8. The van der Waals surface area contributed by atoms with Crippen LogP contribution in [0.5, 0.6) is 0 Å². The molecule has 5 aliphatic carbocycles. The van der Waals surface area contributed by atoms with Crippen molar-refractivity contribution in [2.75, 3.05) is 6.61 Å². The summed E-state index contributed by atoms with van der Waals surface area (Å²) in [5.74, 6) is 2.65. The van der Waals surface area contributed by atoms with E-state index in [9.17, 15) is 9.59 Å². The first-order chi connectivity index (χ1) is 20.6. The molecule has 238 valence electrons. The van der Waals surface area contributed by atoms with Gasteiger partial charge in [0.2, 0.25) is 5.89 Å². The van der Waals surface area contributed by atoms with Crippen LogP contribution in [-0.2, 0) is 38.0 Å². The molecule has 0 amide bonds. The summed E-state index contributed by atoms with van der Waals surface area (Å²) in [5.41, 5.74) is 1.82. The van der Waals surface area contributed by atoms with Crippen molar-refractivity contribution in [3.05, 3.63) is 40.9 Å². The summed E-state index contributed by atoms with van der Waals surface area (Å²) in [4.78, 5) is 31.1. The highest BCUT2D eigenvalue weighted by molar-refractivity contribution is 5.95. The topological polar surface area (TPSA) is 108 Å². The van der Waals surface area contributed by atoms with Gasteiger partial charge in [0.25, 0.3) is 0 Å². The maximum absolute atomic E-state index is 14.8. The number of aromatic nitrogens is 3. The lowest BCUT2D eigenvalue weighted by molar-refractivity contribution is -0.160. The maximum Gasteiger partial charge on any atom is 0.302 e. The van der Waals surface area contributed by atoms with Crippen LogP contribution in [0.25, 0.3) is 0 Å². The van der Waals surface area contributed by atoms with Crippen molar-refractivity contribution >= 4 is 11.8 Å².